The molecule has 0 radical (unpaired) electrons. The summed E-state index contributed by atoms with van der Waals surface area (Å²) in [6.07, 6.45) is 0. The first-order chi connectivity index (χ1) is 7.11. The van der Waals surface area contributed by atoms with E-state index in [0.717, 1.165) is 0 Å². The third kappa shape index (κ3) is 2.23. The fourth-order valence-corrected chi connectivity index (χ4v) is 2.11. The third-order valence-corrected chi connectivity index (χ3v) is 3.50. The van der Waals surface area contributed by atoms with Crippen LogP contribution >= 0.6 is 0 Å². The van der Waals surface area contributed by atoms with Crippen molar-refractivity contribution in [1.29, 1.82) is 0 Å². The summed E-state index contributed by atoms with van der Waals surface area (Å²) < 4.78 is 0. The fraction of sp³-hybridized carbons (Fsp3) is 0.917. The van der Waals surface area contributed by atoms with Gasteiger partial charge in [0, 0.05) is 17.6 Å². The molecule has 0 saturated carbocycles. The number of hydrogen-bond donors (Lipinski definition) is 1. The lowest BCUT2D eigenvalue weighted by Crippen LogP contribution is -2.69. The van der Waals surface area contributed by atoms with Gasteiger partial charge < -0.3 is 10.0 Å². The maximum atomic E-state index is 12.2. The molecule has 0 aliphatic carbocycles. The van der Waals surface area contributed by atoms with Crippen LogP contribution in [0.3, 0.4) is 0 Å². The SMILES string of the molecule is CN1C(CO)C(=O)N(C(C)(C)C)CC1(C)C. The van der Waals surface area contributed by atoms with Gasteiger partial charge in [-0.05, 0) is 41.7 Å². The summed E-state index contributed by atoms with van der Waals surface area (Å²) in [5, 5.41) is 9.36. The first-order valence-corrected chi connectivity index (χ1v) is 5.76. The minimum atomic E-state index is -0.414. The Kier molecular flexibility index (Phi) is 3.37. The first-order valence-electron chi connectivity index (χ1n) is 5.76. The minimum Gasteiger partial charge on any atom is -0.394 e. The van der Waals surface area contributed by atoms with E-state index in [1.807, 2.05) is 37.6 Å². The molecule has 1 saturated heterocycles. The highest BCUT2D eigenvalue weighted by Gasteiger charge is 2.45. The molecule has 1 N–H and O–H groups in total. The standard InChI is InChI=1S/C12H24N2O2/c1-11(2,3)14-8-12(4,5)13(6)9(7-15)10(14)16/h9,15H,7-8H2,1-6H3. The van der Waals surface area contributed by atoms with Crippen molar-refractivity contribution < 1.29 is 9.90 Å². The largest absolute Gasteiger partial charge is 0.394 e. The average molecular weight is 228 g/mol. The monoisotopic (exact) mass is 228 g/mol. The van der Waals surface area contributed by atoms with Crippen LogP contribution in [0.2, 0.25) is 0 Å². The predicted octanol–water partition coefficient (Wildman–Crippen LogP) is 0.698. The number of aliphatic hydroxyl groups is 1. The van der Waals surface area contributed by atoms with E-state index < -0.39 is 6.04 Å². The van der Waals surface area contributed by atoms with E-state index in [1.165, 1.54) is 0 Å². The summed E-state index contributed by atoms with van der Waals surface area (Å²) >= 11 is 0. The summed E-state index contributed by atoms with van der Waals surface area (Å²) in [4.78, 5) is 16.1. The summed E-state index contributed by atoms with van der Waals surface area (Å²) in [6.45, 7) is 10.9. The van der Waals surface area contributed by atoms with Crippen LogP contribution in [0, 0.1) is 0 Å². The topological polar surface area (TPSA) is 43.8 Å². The predicted molar refractivity (Wildman–Crippen MR) is 64.2 cm³/mol. The molecule has 94 valence electrons. The molecule has 1 heterocycles. The molecule has 0 bridgehead atoms. The quantitative estimate of drug-likeness (QED) is 0.718. The van der Waals surface area contributed by atoms with E-state index in [2.05, 4.69) is 13.8 Å². The lowest BCUT2D eigenvalue weighted by molar-refractivity contribution is -0.157. The van der Waals surface area contributed by atoms with Crippen LogP contribution in [0.25, 0.3) is 0 Å². The first kappa shape index (κ1) is 13.5. The Balaban J connectivity index is 3.04. The van der Waals surface area contributed by atoms with Gasteiger partial charge in [0.15, 0.2) is 0 Å². The number of hydrogen-bond acceptors (Lipinski definition) is 3. The van der Waals surface area contributed by atoms with Crippen LogP contribution in [-0.2, 0) is 4.79 Å². The van der Waals surface area contributed by atoms with E-state index in [0.29, 0.717) is 6.54 Å². The van der Waals surface area contributed by atoms with Crippen molar-refractivity contribution in [2.75, 3.05) is 20.2 Å². The molecule has 0 aromatic carbocycles. The highest BCUT2D eigenvalue weighted by molar-refractivity contribution is 5.83. The fourth-order valence-electron chi connectivity index (χ4n) is 2.11. The Bertz CT molecular complexity index is 281. The Morgan fingerprint density at radius 1 is 1.44 bits per heavy atom. The highest BCUT2D eigenvalue weighted by Crippen LogP contribution is 2.29. The summed E-state index contributed by atoms with van der Waals surface area (Å²) in [5.74, 6) is 0.0248. The van der Waals surface area contributed by atoms with Crippen molar-refractivity contribution >= 4 is 5.91 Å². The van der Waals surface area contributed by atoms with Crippen molar-refractivity contribution in [3.05, 3.63) is 0 Å². The Hall–Kier alpha value is -0.610. The molecule has 1 fully saturated rings. The molecule has 0 aromatic rings. The second-order valence-electron chi connectivity index (χ2n) is 6.22. The van der Waals surface area contributed by atoms with Gasteiger partial charge in [-0.2, -0.15) is 0 Å². The van der Waals surface area contributed by atoms with Crippen molar-refractivity contribution in [3.8, 4) is 0 Å². The molecule has 0 aromatic heterocycles. The number of aliphatic hydroxyl groups excluding tert-OH is 1. The van der Waals surface area contributed by atoms with E-state index in [-0.39, 0.29) is 23.6 Å². The number of nitrogens with zero attached hydrogens (tertiary/aromatic N) is 2. The molecule has 1 atom stereocenters. The average Bonchev–Trinajstić information content (AvgIpc) is 2.11. The Morgan fingerprint density at radius 3 is 2.31 bits per heavy atom. The highest BCUT2D eigenvalue weighted by atomic mass is 16.3. The van der Waals surface area contributed by atoms with Gasteiger partial charge in [-0.1, -0.05) is 0 Å². The molecule has 1 amide bonds. The third-order valence-electron chi connectivity index (χ3n) is 3.50. The number of carbonyl (C=O) groups is 1. The number of carbonyl (C=O) groups excluding carboxylic acids is 1. The minimum absolute atomic E-state index is 0.0248. The van der Waals surface area contributed by atoms with Crippen molar-refractivity contribution in [2.45, 2.75) is 51.7 Å². The maximum Gasteiger partial charge on any atom is 0.242 e. The van der Waals surface area contributed by atoms with Crippen LogP contribution in [0.1, 0.15) is 34.6 Å². The van der Waals surface area contributed by atoms with Gasteiger partial charge in [-0.15, -0.1) is 0 Å². The molecule has 1 aliphatic heterocycles. The van der Waals surface area contributed by atoms with Gasteiger partial charge in [0.25, 0.3) is 0 Å². The van der Waals surface area contributed by atoms with E-state index in [9.17, 15) is 9.90 Å². The zero-order valence-corrected chi connectivity index (χ0v) is 11.2. The molecular formula is C12H24N2O2. The summed E-state index contributed by atoms with van der Waals surface area (Å²) in [7, 11) is 1.90. The zero-order valence-electron chi connectivity index (χ0n) is 11.2. The van der Waals surface area contributed by atoms with Gasteiger partial charge >= 0.3 is 0 Å². The molecule has 1 rings (SSSR count). The second kappa shape index (κ2) is 4.00. The number of piperazine rings is 1. The van der Waals surface area contributed by atoms with Gasteiger partial charge in [0.05, 0.1) is 6.61 Å². The van der Waals surface area contributed by atoms with Crippen molar-refractivity contribution in [2.24, 2.45) is 0 Å². The van der Waals surface area contributed by atoms with Gasteiger partial charge in [-0.25, -0.2) is 0 Å². The van der Waals surface area contributed by atoms with Crippen LogP contribution in [0.4, 0.5) is 0 Å². The van der Waals surface area contributed by atoms with Gasteiger partial charge in [0.2, 0.25) is 5.91 Å². The molecule has 16 heavy (non-hydrogen) atoms. The summed E-state index contributed by atoms with van der Waals surface area (Å²) in [5.41, 5.74) is -0.294. The molecular weight excluding hydrogens is 204 g/mol. The van der Waals surface area contributed by atoms with E-state index >= 15 is 0 Å². The van der Waals surface area contributed by atoms with Crippen molar-refractivity contribution in [3.63, 3.8) is 0 Å². The molecule has 1 unspecified atom stereocenters. The maximum absolute atomic E-state index is 12.2. The van der Waals surface area contributed by atoms with Crippen molar-refractivity contribution in [1.82, 2.24) is 9.80 Å². The van der Waals surface area contributed by atoms with E-state index in [4.69, 9.17) is 0 Å². The molecule has 4 heteroatoms. The van der Waals surface area contributed by atoms with E-state index in [1.54, 1.807) is 0 Å². The van der Waals surface area contributed by atoms with Crippen LogP contribution < -0.4 is 0 Å². The second-order valence-corrected chi connectivity index (χ2v) is 6.22. The van der Waals surface area contributed by atoms with Gasteiger partial charge in [0.1, 0.15) is 6.04 Å². The smallest absolute Gasteiger partial charge is 0.242 e. The Labute approximate surface area is 98.2 Å². The molecule has 1 aliphatic rings. The summed E-state index contributed by atoms with van der Waals surface area (Å²) in [6, 6.07) is -0.414. The zero-order chi connectivity index (χ0) is 12.7. The lowest BCUT2D eigenvalue weighted by atomic mass is 9.91. The molecule has 0 spiro atoms. The number of likely N-dealkylation sites (N-methyl/N-ethyl adjacent to an activating group) is 1. The van der Waals surface area contributed by atoms with Gasteiger partial charge in [-0.3, -0.25) is 9.69 Å². The lowest BCUT2D eigenvalue weighted by Gasteiger charge is -2.52. The molecule has 4 nitrogen and oxygen atoms in total. The Morgan fingerprint density at radius 2 is 1.94 bits per heavy atom. The normalized spacial score (nSPS) is 27.3. The van der Waals surface area contributed by atoms with Crippen LogP contribution in [-0.4, -0.2) is 58.1 Å². The van der Waals surface area contributed by atoms with Crippen LogP contribution in [0.15, 0.2) is 0 Å². The number of rotatable bonds is 1. The van der Waals surface area contributed by atoms with Crippen LogP contribution in [0.5, 0.6) is 0 Å². The number of amides is 1.